The first-order chi connectivity index (χ1) is 13.1. The number of benzene rings is 1. The fourth-order valence-corrected chi connectivity index (χ4v) is 4.08. The number of nitrogens with one attached hydrogen (secondary N) is 1. The third kappa shape index (κ3) is 2.41. The largest absolute Gasteiger partial charge is 0.327 e. The Morgan fingerprint density at radius 1 is 1.22 bits per heavy atom. The van der Waals surface area contributed by atoms with Crippen molar-refractivity contribution in [2.75, 3.05) is 0 Å². The van der Waals surface area contributed by atoms with Crippen molar-refractivity contribution in [2.24, 2.45) is 0 Å². The number of aryl methyl sites for hydroxylation is 1. The van der Waals surface area contributed by atoms with Crippen LogP contribution in [0.3, 0.4) is 0 Å². The molecule has 0 aliphatic carbocycles. The van der Waals surface area contributed by atoms with Gasteiger partial charge in [-0.25, -0.2) is 14.5 Å². The molecule has 1 N–H and O–H groups in total. The third-order valence-electron chi connectivity index (χ3n) is 4.83. The third-order valence-corrected chi connectivity index (χ3v) is 5.42. The number of aromatic nitrogens is 4. The summed E-state index contributed by atoms with van der Waals surface area (Å²) < 4.78 is 1.48. The van der Waals surface area contributed by atoms with Crippen molar-refractivity contribution < 1.29 is 4.79 Å². The zero-order valence-corrected chi connectivity index (χ0v) is 15.3. The molecule has 0 saturated heterocycles. The van der Waals surface area contributed by atoms with Crippen molar-refractivity contribution in [2.45, 2.75) is 20.0 Å². The topological polar surface area (TPSA) is 83.4 Å². The van der Waals surface area contributed by atoms with E-state index in [0.29, 0.717) is 29.1 Å². The van der Waals surface area contributed by atoms with Gasteiger partial charge in [0.25, 0.3) is 11.5 Å². The van der Waals surface area contributed by atoms with Crippen LogP contribution in [0.1, 0.15) is 27.4 Å². The maximum Gasteiger partial charge on any atom is 0.278 e. The van der Waals surface area contributed by atoms with Gasteiger partial charge in [0.15, 0.2) is 5.65 Å². The summed E-state index contributed by atoms with van der Waals surface area (Å²) in [5, 5.41) is 4.84. The van der Waals surface area contributed by atoms with Gasteiger partial charge in [-0.3, -0.25) is 14.7 Å². The number of amides is 1. The number of H-pyrrole nitrogens is 1. The van der Waals surface area contributed by atoms with Crippen molar-refractivity contribution in [3.05, 3.63) is 74.2 Å². The average molecular weight is 377 g/mol. The molecule has 1 aliphatic rings. The second-order valence-corrected chi connectivity index (χ2v) is 7.23. The summed E-state index contributed by atoms with van der Waals surface area (Å²) in [5.41, 5.74) is 6.44. The summed E-state index contributed by atoms with van der Waals surface area (Å²) in [6.45, 7) is 2.49. The van der Waals surface area contributed by atoms with Crippen LogP contribution in [0.15, 0.2) is 46.0 Å². The Labute approximate surface area is 157 Å². The van der Waals surface area contributed by atoms with Gasteiger partial charge in [0, 0.05) is 16.6 Å². The van der Waals surface area contributed by atoms with Crippen molar-refractivity contribution >= 4 is 22.9 Å². The lowest BCUT2D eigenvalue weighted by atomic mass is 10.1. The van der Waals surface area contributed by atoms with Crippen LogP contribution >= 0.6 is 11.3 Å². The van der Waals surface area contributed by atoms with Crippen molar-refractivity contribution in [3.8, 4) is 11.1 Å². The first-order valence-corrected chi connectivity index (χ1v) is 9.43. The van der Waals surface area contributed by atoms with E-state index in [4.69, 9.17) is 4.98 Å². The molecule has 3 aromatic heterocycles. The van der Waals surface area contributed by atoms with Crippen molar-refractivity contribution in [1.29, 1.82) is 0 Å². The number of nitrogens with zero attached hydrogens (tertiary/aromatic N) is 4. The summed E-state index contributed by atoms with van der Waals surface area (Å²) in [4.78, 5) is 36.0. The van der Waals surface area contributed by atoms with Gasteiger partial charge < -0.3 is 4.90 Å². The molecule has 0 fully saturated rings. The van der Waals surface area contributed by atoms with Crippen LogP contribution < -0.4 is 5.56 Å². The standard InChI is InChI=1S/C19H15N5O2S/c1-11-16(12-5-3-2-4-6-12)17-21-14-8-23(19(26)15-9-27-10-20-15)7-13(14)18(25)24(17)22-11/h2-6,9-10,22H,7-8H2,1H3. The van der Waals surface area contributed by atoms with Crippen molar-refractivity contribution in [3.63, 3.8) is 0 Å². The number of hydrogen-bond acceptors (Lipinski definition) is 5. The first kappa shape index (κ1) is 16.0. The Balaban J connectivity index is 1.63. The number of hydrogen-bond donors (Lipinski definition) is 1. The van der Waals surface area contributed by atoms with E-state index in [9.17, 15) is 9.59 Å². The molecule has 1 amide bonds. The molecular formula is C19H15N5O2S. The van der Waals surface area contributed by atoms with Gasteiger partial charge in [-0.05, 0) is 12.5 Å². The minimum atomic E-state index is -0.179. The molecule has 1 aliphatic heterocycles. The maximum absolute atomic E-state index is 13.0. The summed E-state index contributed by atoms with van der Waals surface area (Å²) in [5.74, 6) is -0.179. The molecule has 5 rings (SSSR count). The molecule has 0 spiro atoms. The van der Waals surface area contributed by atoms with E-state index in [1.165, 1.54) is 15.9 Å². The number of thiazole rings is 1. The SMILES string of the molecule is Cc1[nH]n2c(=O)c3c(nc2c1-c1ccccc1)CN(C(=O)c1cscn1)C3. The molecule has 1 aromatic carbocycles. The smallest absolute Gasteiger partial charge is 0.278 e. The Kier molecular flexibility index (Phi) is 3.48. The lowest BCUT2D eigenvalue weighted by molar-refractivity contribution is 0.0745. The van der Waals surface area contributed by atoms with Crippen LogP contribution in [0.2, 0.25) is 0 Å². The molecular weight excluding hydrogens is 362 g/mol. The van der Waals surface area contributed by atoms with Gasteiger partial charge in [-0.2, -0.15) is 0 Å². The monoisotopic (exact) mass is 377 g/mol. The summed E-state index contributed by atoms with van der Waals surface area (Å²) in [6, 6.07) is 9.85. The molecule has 8 heteroatoms. The molecule has 134 valence electrons. The lowest BCUT2D eigenvalue weighted by Crippen LogP contribution is -2.26. The summed E-state index contributed by atoms with van der Waals surface area (Å²) in [6.07, 6.45) is 0. The van der Waals surface area contributed by atoms with E-state index in [1.54, 1.807) is 15.8 Å². The second kappa shape index (κ2) is 5.88. The highest BCUT2D eigenvalue weighted by atomic mass is 32.1. The normalized spacial score (nSPS) is 13.3. The minimum absolute atomic E-state index is 0.158. The fraction of sp³-hybridized carbons (Fsp3) is 0.158. The van der Waals surface area contributed by atoms with Crippen LogP contribution in [-0.4, -0.2) is 30.4 Å². The fourth-order valence-electron chi connectivity index (χ4n) is 3.55. The number of carbonyl (C=O) groups is 1. The molecule has 4 heterocycles. The van der Waals surface area contributed by atoms with Gasteiger partial charge in [0.1, 0.15) is 5.69 Å². The van der Waals surface area contributed by atoms with Crippen LogP contribution in [-0.2, 0) is 13.1 Å². The highest BCUT2D eigenvalue weighted by Gasteiger charge is 2.30. The number of aromatic amines is 1. The zero-order chi connectivity index (χ0) is 18.5. The van der Waals surface area contributed by atoms with Crippen molar-refractivity contribution in [1.82, 2.24) is 24.5 Å². The highest BCUT2D eigenvalue weighted by Crippen LogP contribution is 2.28. The summed E-state index contributed by atoms with van der Waals surface area (Å²) >= 11 is 1.37. The van der Waals surface area contributed by atoms with Gasteiger partial charge in [-0.15, -0.1) is 11.3 Å². The minimum Gasteiger partial charge on any atom is -0.327 e. The van der Waals surface area contributed by atoms with Crippen LogP contribution in [0.25, 0.3) is 16.8 Å². The average Bonchev–Trinajstić information content (AvgIpc) is 3.40. The molecule has 0 unspecified atom stereocenters. The van der Waals surface area contributed by atoms with E-state index in [-0.39, 0.29) is 18.0 Å². The Bertz CT molecular complexity index is 1220. The van der Waals surface area contributed by atoms with E-state index in [2.05, 4.69) is 10.1 Å². The van der Waals surface area contributed by atoms with E-state index in [1.807, 2.05) is 37.3 Å². The zero-order valence-electron chi connectivity index (χ0n) is 14.5. The molecule has 0 bridgehead atoms. The van der Waals surface area contributed by atoms with E-state index < -0.39 is 0 Å². The highest BCUT2D eigenvalue weighted by molar-refractivity contribution is 7.07. The first-order valence-electron chi connectivity index (χ1n) is 8.49. The summed E-state index contributed by atoms with van der Waals surface area (Å²) in [7, 11) is 0. The molecule has 0 saturated carbocycles. The quantitative estimate of drug-likeness (QED) is 0.582. The lowest BCUT2D eigenvalue weighted by Gasteiger charge is -2.12. The Hall–Kier alpha value is -3.26. The van der Waals surface area contributed by atoms with Gasteiger partial charge in [0.05, 0.1) is 29.9 Å². The number of carbonyl (C=O) groups excluding carboxylic acids is 1. The van der Waals surface area contributed by atoms with Gasteiger partial charge in [-0.1, -0.05) is 30.3 Å². The van der Waals surface area contributed by atoms with Crippen LogP contribution in [0.5, 0.6) is 0 Å². The predicted octanol–water partition coefficient (Wildman–Crippen LogP) is 2.61. The van der Waals surface area contributed by atoms with Crippen LogP contribution in [0.4, 0.5) is 0 Å². The Morgan fingerprint density at radius 2 is 2.04 bits per heavy atom. The van der Waals surface area contributed by atoms with Crippen LogP contribution in [0, 0.1) is 6.92 Å². The molecule has 7 nitrogen and oxygen atoms in total. The molecule has 4 aromatic rings. The Morgan fingerprint density at radius 3 is 2.78 bits per heavy atom. The van der Waals surface area contributed by atoms with Gasteiger partial charge >= 0.3 is 0 Å². The van der Waals surface area contributed by atoms with E-state index >= 15 is 0 Å². The molecule has 0 radical (unpaired) electrons. The number of rotatable bonds is 2. The molecule has 0 atom stereocenters. The van der Waals surface area contributed by atoms with E-state index in [0.717, 1.165) is 16.8 Å². The maximum atomic E-state index is 13.0. The number of fused-ring (bicyclic) bond motifs is 2. The predicted molar refractivity (Wildman–Crippen MR) is 102 cm³/mol. The van der Waals surface area contributed by atoms with Gasteiger partial charge in [0.2, 0.25) is 0 Å². The molecule has 27 heavy (non-hydrogen) atoms. The second-order valence-electron chi connectivity index (χ2n) is 6.51.